The fourth-order valence-electron chi connectivity index (χ4n) is 1.90. The molecule has 11 nitrogen and oxygen atoms in total. The highest BCUT2D eigenvalue weighted by Gasteiger charge is 2.10. The highest BCUT2D eigenvalue weighted by atomic mass is 16.5. The van der Waals surface area contributed by atoms with Crippen LogP contribution in [0, 0.1) is 0 Å². The lowest BCUT2D eigenvalue weighted by Gasteiger charge is -2.09. The van der Waals surface area contributed by atoms with E-state index in [1.807, 2.05) is 0 Å². The molecule has 0 fully saturated rings. The van der Waals surface area contributed by atoms with Crippen molar-refractivity contribution in [3.8, 4) is 0 Å². The van der Waals surface area contributed by atoms with Crippen molar-refractivity contribution in [3.05, 3.63) is 0 Å². The summed E-state index contributed by atoms with van der Waals surface area (Å²) in [7, 11) is 1.56. The molecule has 0 bridgehead atoms. The summed E-state index contributed by atoms with van der Waals surface area (Å²) in [6, 6.07) is -0.860. The summed E-state index contributed by atoms with van der Waals surface area (Å²) in [5, 5.41) is 14.0. The van der Waals surface area contributed by atoms with Crippen LogP contribution in [0.5, 0.6) is 0 Å². The third-order valence-corrected chi connectivity index (χ3v) is 3.42. The number of amides is 2. The topological polar surface area (TPSA) is 158 Å². The predicted molar refractivity (Wildman–Crippen MR) is 99.8 cm³/mol. The Morgan fingerprint density at radius 1 is 0.857 bits per heavy atom. The summed E-state index contributed by atoms with van der Waals surface area (Å²) in [5.74, 6) is -1.49. The summed E-state index contributed by atoms with van der Waals surface area (Å²) in [4.78, 5) is 33.4. The Labute approximate surface area is 165 Å². The van der Waals surface area contributed by atoms with Crippen LogP contribution in [-0.2, 0) is 33.3 Å². The molecule has 0 aliphatic carbocycles. The minimum absolute atomic E-state index is 0.0199. The van der Waals surface area contributed by atoms with Gasteiger partial charge in [-0.1, -0.05) is 0 Å². The highest BCUT2D eigenvalue weighted by molar-refractivity contribution is 5.77. The smallest absolute Gasteiger partial charge is 0.320 e. The van der Waals surface area contributed by atoms with Crippen LogP contribution in [0.15, 0.2) is 0 Å². The maximum atomic E-state index is 11.5. The van der Waals surface area contributed by atoms with E-state index in [-0.39, 0.29) is 31.6 Å². The summed E-state index contributed by atoms with van der Waals surface area (Å²) in [5.41, 5.74) is 5.38. The molecule has 0 heterocycles. The number of ether oxygens (including phenoxy) is 4. The molecule has 5 N–H and O–H groups in total. The highest BCUT2D eigenvalue weighted by Crippen LogP contribution is 1.98. The van der Waals surface area contributed by atoms with E-state index in [4.69, 9.17) is 29.8 Å². The molecule has 0 aromatic heterocycles. The summed E-state index contributed by atoms with van der Waals surface area (Å²) < 4.78 is 20.3. The first-order valence-corrected chi connectivity index (χ1v) is 9.21. The molecular weight excluding hydrogens is 374 g/mol. The fourth-order valence-corrected chi connectivity index (χ4v) is 1.90. The van der Waals surface area contributed by atoms with E-state index < -0.39 is 12.0 Å². The summed E-state index contributed by atoms with van der Waals surface area (Å²) in [6.45, 7) is 2.41. The van der Waals surface area contributed by atoms with Crippen LogP contribution in [-0.4, -0.2) is 95.4 Å². The van der Waals surface area contributed by atoms with Crippen LogP contribution < -0.4 is 16.4 Å². The molecule has 0 aliphatic rings. The molecule has 0 saturated carbocycles. The molecule has 1 atom stereocenters. The minimum Gasteiger partial charge on any atom is -0.480 e. The second-order valence-electron chi connectivity index (χ2n) is 5.85. The van der Waals surface area contributed by atoms with Gasteiger partial charge in [0.2, 0.25) is 11.8 Å². The molecule has 0 aromatic rings. The van der Waals surface area contributed by atoms with Crippen molar-refractivity contribution in [2.24, 2.45) is 5.73 Å². The van der Waals surface area contributed by atoms with Crippen molar-refractivity contribution < 1.29 is 38.4 Å². The molecule has 11 heteroatoms. The number of nitrogens with one attached hydrogen (secondary N) is 2. The van der Waals surface area contributed by atoms with Gasteiger partial charge in [0.05, 0.1) is 33.0 Å². The molecule has 0 rings (SSSR count). The number of carboxylic acids is 1. The van der Waals surface area contributed by atoms with Crippen molar-refractivity contribution in [1.82, 2.24) is 10.6 Å². The third kappa shape index (κ3) is 17.6. The first-order valence-electron chi connectivity index (χ1n) is 9.21. The number of methoxy groups -OCH3 is 1. The van der Waals surface area contributed by atoms with E-state index in [9.17, 15) is 14.4 Å². The fraction of sp³-hybridized carbons (Fsp3) is 0.824. The number of carboxylic acid groups (broad SMARTS) is 1. The molecule has 0 unspecified atom stereocenters. The van der Waals surface area contributed by atoms with Crippen LogP contribution in [0.4, 0.5) is 0 Å². The van der Waals surface area contributed by atoms with E-state index >= 15 is 0 Å². The van der Waals surface area contributed by atoms with Gasteiger partial charge in [-0.15, -0.1) is 0 Å². The number of hydrogen-bond acceptors (Lipinski definition) is 8. The van der Waals surface area contributed by atoms with E-state index in [0.29, 0.717) is 58.8 Å². The first-order chi connectivity index (χ1) is 13.5. The summed E-state index contributed by atoms with van der Waals surface area (Å²) in [6.07, 6.45) is 1.65. The maximum absolute atomic E-state index is 11.5. The van der Waals surface area contributed by atoms with Gasteiger partial charge in [-0.2, -0.15) is 0 Å². The SMILES string of the molecule is COCCOCC(=O)NCCOCCOCC(=O)NCCCC[C@H](N)C(=O)O. The second-order valence-corrected chi connectivity index (χ2v) is 5.85. The minimum atomic E-state index is -1.02. The van der Waals surface area contributed by atoms with Crippen molar-refractivity contribution >= 4 is 17.8 Å². The van der Waals surface area contributed by atoms with Crippen LogP contribution in [0.3, 0.4) is 0 Å². The predicted octanol–water partition coefficient (Wildman–Crippen LogP) is -1.50. The average Bonchev–Trinajstić information content (AvgIpc) is 2.66. The Morgan fingerprint density at radius 2 is 1.43 bits per heavy atom. The standard InChI is InChI=1S/C17H33N3O8/c1-25-8-9-27-13-16(22)20-6-7-26-10-11-28-12-15(21)19-5-3-2-4-14(18)17(23)24/h14H,2-13,18H2,1H3,(H,19,21)(H,20,22)(H,23,24)/t14-/m0/s1. The van der Waals surface area contributed by atoms with E-state index in [2.05, 4.69) is 10.6 Å². The van der Waals surface area contributed by atoms with Crippen LogP contribution >= 0.6 is 0 Å². The van der Waals surface area contributed by atoms with Crippen LogP contribution in [0.2, 0.25) is 0 Å². The number of carbonyl (C=O) groups excluding carboxylic acids is 2. The van der Waals surface area contributed by atoms with Gasteiger partial charge < -0.3 is 40.4 Å². The molecule has 2 amide bonds. The van der Waals surface area contributed by atoms with Crippen molar-refractivity contribution in [1.29, 1.82) is 0 Å². The van der Waals surface area contributed by atoms with E-state index in [1.165, 1.54) is 0 Å². The zero-order valence-electron chi connectivity index (χ0n) is 16.4. The zero-order chi connectivity index (χ0) is 21.0. The first kappa shape index (κ1) is 26.2. The lowest BCUT2D eigenvalue weighted by atomic mass is 10.1. The quantitative estimate of drug-likeness (QED) is 0.187. The Morgan fingerprint density at radius 3 is 2.04 bits per heavy atom. The Balaban J connectivity index is 3.34. The molecule has 28 heavy (non-hydrogen) atoms. The van der Waals surface area contributed by atoms with Gasteiger partial charge in [0, 0.05) is 20.2 Å². The molecule has 164 valence electrons. The van der Waals surface area contributed by atoms with Crippen molar-refractivity contribution in [2.75, 3.05) is 66.4 Å². The molecule has 0 saturated heterocycles. The largest absolute Gasteiger partial charge is 0.480 e. The number of carbonyl (C=O) groups is 3. The lowest BCUT2D eigenvalue weighted by Crippen LogP contribution is -2.32. The molecule has 0 aliphatic heterocycles. The number of aliphatic carboxylic acids is 1. The number of rotatable bonds is 19. The maximum Gasteiger partial charge on any atom is 0.320 e. The van der Waals surface area contributed by atoms with Gasteiger partial charge in [0.25, 0.3) is 0 Å². The normalized spacial score (nSPS) is 11.8. The Kier molecular flexibility index (Phi) is 17.4. The Hall–Kier alpha value is -1.79. The zero-order valence-corrected chi connectivity index (χ0v) is 16.4. The Bertz CT molecular complexity index is 437. The number of unbranched alkanes of at least 4 members (excludes halogenated alkanes) is 1. The van der Waals surface area contributed by atoms with Gasteiger partial charge in [-0.3, -0.25) is 14.4 Å². The van der Waals surface area contributed by atoms with Crippen molar-refractivity contribution in [3.63, 3.8) is 0 Å². The molecule has 0 radical (unpaired) electrons. The third-order valence-electron chi connectivity index (χ3n) is 3.42. The van der Waals surface area contributed by atoms with E-state index in [1.54, 1.807) is 7.11 Å². The van der Waals surface area contributed by atoms with Crippen LogP contribution in [0.1, 0.15) is 19.3 Å². The summed E-state index contributed by atoms with van der Waals surface area (Å²) >= 11 is 0. The molecular formula is C17H33N3O8. The van der Waals surface area contributed by atoms with Gasteiger partial charge in [-0.05, 0) is 19.3 Å². The number of hydrogen-bond donors (Lipinski definition) is 4. The number of nitrogens with two attached hydrogens (primary N) is 1. The van der Waals surface area contributed by atoms with Crippen molar-refractivity contribution in [2.45, 2.75) is 25.3 Å². The average molecular weight is 407 g/mol. The van der Waals surface area contributed by atoms with Gasteiger partial charge >= 0.3 is 5.97 Å². The van der Waals surface area contributed by atoms with Gasteiger partial charge in [0.15, 0.2) is 0 Å². The van der Waals surface area contributed by atoms with Gasteiger partial charge in [0.1, 0.15) is 19.3 Å². The lowest BCUT2D eigenvalue weighted by molar-refractivity contribution is -0.138. The monoisotopic (exact) mass is 407 g/mol. The van der Waals surface area contributed by atoms with Gasteiger partial charge in [-0.25, -0.2) is 0 Å². The second kappa shape index (κ2) is 18.6. The molecule has 0 spiro atoms. The van der Waals surface area contributed by atoms with Crippen LogP contribution in [0.25, 0.3) is 0 Å². The van der Waals surface area contributed by atoms with E-state index in [0.717, 1.165) is 0 Å². The molecule has 0 aromatic carbocycles.